The summed E-state index contributed by atoms with van der Waals surface area (Å²) in [5, 5.41) is 7.57. The van der Waals surface area contributed by atoms with E-state index < -0.39 is 0 Å². The highest BCUT2D eigenvalue weighted by molar-refractivity contribution is 7.26. The number of anilines is 3. The number of hydrogen-bond donors (Lipinski definition) is 0. The molecular formula is C64H41NS2. The van der Waals surface area contributed by atoms with E-state index in [-0.39, 0.29) is 0 Å². The molecule has 0 aliphatic carbocycles. The summed E-state index contributed by atoms with van der Waals surface area (Å²) < 4.78 is 5.11. The molecule has 0 aliphatic rings. The first-order chi connectivity index (χ1) is 33.2. The average Bonchev–Trinajstić information content (AvgIpc) is 3.98. The minimum Gasteiger partial charge on any atom is -0.310 e. The van der Waals surface area contributed by atoms with Crippen LogP contribution in [0, 0.1) is 0 Å². The Morgan fingerprint density at radius 3 is 1.43 bits per heavy atom. The van der Waals surface area contributed by atoms with E-state index in [1.807, 2.05) is 22.7 Å². The maximum Gasteiger partial charge on any atom is 0.0555 e. The van der Waals surface area contributed by atoms with Gasteiger partial charge in [0, 0.05) is 51.7 Å². The van der Waals surface area contributed by atoms with E-state index in [2.05, 4.69) is 254 Å². The highest BCUT2D eigenvalue weighted by Crippen LogP contribution is 2.50. The summed E-state index contributed by atoms with van der Waals surface area (Å²) >= 11 is 3.77. The third-order valence-corrected chi connectivity index (χ3v) is 15.6. The molecule has 0 saturated carbocycles. The fourth-order valence-corrected chi connectivity index (χ4v) is 12.5. The first-order valence-corrected chi connectivity index (χ1v) is 24.4. The van der Waals surface area contributed by atoms with Crippen LogP contribution in [0.4, 0.5) is 17.1 Å². The van der Waals surface area contributed by atoms with Gasteiger partial charge < -0.3 is 4.90 Å². The Morgan fingerprint density at radius 2 is 0.776 bits per heavy atom. The molecule has 0 bridgehead atoms. The van der Waals surface area contributed by atoms with Crippen LogP contribution in [-0.4, -0.2) is 0 Å². The second-order valence-corrected chi connectivity index (χ2v) is 19.3. The number of thiophene rings is 2. The smallest absolute Gasteiger partial charge is 0.0555 e. The number of nitrogens with zero attached hydrogens (tertiary/aromatic N) is 1. The lowest BCUT2D eigenvalue weighted by atomic mass is 9.89. The van der Waals surface area contributed by atoms with E-state index in [4.69, 9.17) is 0 Å². The van der Waals surface area contributed by atoms with Crippen LogP contribution in [0.1, 0.15) is 0 Å². The Bertz CT molecular complexity index is 3950. The van der Waals surface area contributed by atoms with E-state index in [1.54, 1.807) is 0 Å². The van der Waals surface area contributed by atoms with Gasteiger partial charge in [0.2, 0.25) is 0 Å². The van der Waals surface area contributed by atoms with Crippen LogP contribution >= 0.6 is 22.7 Å². The van der Waals surface area contributed by atoms with Crippen LogP contribution in [-0.2, 0) is 0 Å². The SMILES string of the molecule is c1ccc(-c2ccc3c(c2)sc2cc(N(c4ccc(-c5c(-c6ccccc6)ccc6ccccc56)cc4)c4ccc(-c5ccccc5)c5sc6cc(-c7ccccc7)ccc6c45)ccc23)cc1. The van der Waals surface area contributed by atoms with Crippen molar-refractivity contribution in [1.82, 2.24) is 0 Å². The standard InChI is InChI=1S/C64H41NS2/c1-5-15-42(16-6-1)48-28-34-55-56-36-32-51(41-61(56)66-59(55)39-48)65(50-30-25-47(26-31-50)62-52-24-14-13-23-46(52)27-33-53(62)44-19-9-3-10-20-44)58-38-37-54(45-21-11-4-12-22-45)64-63(58)57-35-29-49(40-60(57)67-64)43-17-7-2-8-18-43/h1-41H. The molecule has 0 N–H and O–H groups in total. The topological polar surface area (TPSA) is 3.24 Å². The molecule has 0 spiro atoms. The first kappa shape index (κ1) is 39.3. The van der Waals surface area contributed by atoms with Crippen molar-refractivity contribution in [2.24, 2.45) is 0 Å². The minimum absolute atomic E-state index is 1.10. The molecule has 67 heavy (non-hydrogen) atoms. The highest BCUT2D eigenvalue weighted by Gasteiger charge is 2.23. The van der Waals surface area contributed by atoms with Gasteiger partial charge in [0.25, 0.3) is 0 Å². The summed E-state index contributed by atoms with van der Waals surface area (Å²) in [4.78, 5) is 2.50. The fourth-order valence-electron chi connectivity index (χ4n) is 10.1. The van der Waals surface area contributed by atoms with Crippen LogP contribution in [0.15, 0.2) is 249 Å². The molecule has 0 unspecified atom stereocenters. The molecule has 0 radical (unpaired) electrons. The lowest BCUT2D eigenvalue weighted by Crippen LogP contribution is -2.10. The molecule has 2 heterocycles. The summed E-state index contributed by atoms with van der Waals surface area (Å²) in [5.74, 6) is 0. The van der Waals surface area contributed by atoms with Crippen molar-refractivity contribution in [3.8, 4) is 55.6 Å². The van der Waals surface area contributed by atoms with Crippen LogP contribution in [0.5, 0.6) is 0 Å². The molecule has 13 rings (SSSR count). The summed E-state index contributed by atoms with van der Waals surface area (Å²) in [5.41, 5.74) is 15.6. The zero-order chi connectivity index (χ0) is 44.3. The Balaban J connectivity index is 1.04. The maximum absolute atomic E-state index is 2.50. The molecule has 0 aliphatic heterocycles. The van der Waals surface area contributed by atoms with Crippen LogP contribution in [0.25, 0.3) is 107 Å². The molecule has 0 amide bonds. The Hall–Kier alpha value is -8.08. The van der Waals surface area contributed by atoms with Crippen LogP contribution in [0.2, 0.25) is 0 Å². The van der Waals surface area contributed by atoms with Gasteiger partial charge >= 0.3 is 0 Å². The van der Waals surface area contributed by atoms with Crippen molar-refractivity contribution in [3.05, 3.63) is 249 Å². The molecular weight excluding hydrogens is 847 g/mol. The van der Waals surface area contributed by atoms with Gasteiger partial charge in [-0.2, -0.15) is 0 Å². The van der Waals surface area contributed by atoms with Gasteiger partial charge in [-0.15, -0.1) is 22.7 Å². The van der Waals surface area contributed by atoms with Gasteiger partial charge in [-0.25, -0.2) is 0 Å². The number of fused-ring (bicyclic) bond motifs is 7. The van der Waals surface area contributed by atoms with E-state index in [0.717, 1.165) is 17.1 Å². The predicted molar refractivity (Wildman–Crippen MR) is 292 cm³/mol. The third-order valence-electron chi connectivity index (χ3n) is 13.3. The second-order valence-electron chi connectivity index (χ2n) is 17.2. The van der Waals surface area contributed by atoms with Gasteiger partial charge in [0.1, 0.15) is 0 Å². The molecule has 1 nitrogen and oxygen atoms in total. The second kappa shape index (κ2) is 16.4. The van der Waals surface area contributed by atoms with Gasteiger partial charge in [-0.3, -0.25) is 0 Å². The molecule has 0 fully saturated rings. The Labute approximate surface area is 397 Å². The molecule has 3 heteroatoms. The molecule has 0 saturated heterocycles. The number of benzene rings is 11. The monoisotopic (exact) mass is 887 g/mol. The third kappa shape index (κ3) is 6.91. The lowest BCUT2D eigenvalue weighted by Gasteiger charge is -2.27. The molecule has 2 aromatic heterocycles. The van der Waals surface area contributed by atoms with E-state index >= 15 is 0 Å². The normalized spacial score (nSPS) is 11.6. The van der Waals surface area contributed by atoms with Crippen molar-refractivity contribution in [3.63, 3.8) is 0 Å². The zero-order valence-corrected chi connectivity index (χ0v) is 38.1. The molecule has 11 aromatic carbocycles. The van der Waals surface area contributed by atoms with Crippen molar-refractivity contribution in [2.75, 3.05) is 4.90 Å². The van der Waals surface area contributed by atoms with Gasteiger partial charge in [-0.05, 0) is 109 Å². The van der Waals surface area contributed by atoms with E-state index in [0.29, 0.717) is 0 Å². The Morgan fingerprint density at radius 1 is 0.284 bits per heavy atom. The predicted octanol–water partition coefficient (Wildman–Crippen LogP) is 19.4. The first-order valence-electron chi connectivity index (χ1n) is 22.8. The summed E-state index contributed by atoms with van der Waals surface area (Å²) in [6.07, 6.45) is 0. The van der Waals surface area contributed by atoms with Crippen LogP contribution < -0.4 is 4.90 Å². The van der Waals surface area contributed by atoms with Gasteiger partial charge in [0.15, 0.2) is 0 Å². The van der Waals surface area contributed by atoms with Crippen molar-refractivity contribution < 1.29 is 0 Å². The Kier molecular flexibility index (Phi) is 9.63. The molecule has 13 aromatic rings. The van der Waals surface area contributed by atoms with Crippen molar-refractivity contribution in [1.29, 1.82) is 0 Å². The van der Waals surface area contributed by atoms with Crippen molar-refractivity contribution >= 4 is 90.9 Å². The lowest BCUT2D eigenvalue weighted by molar-refractivity contribution is 1.31. The van der Waals surface area contributed by atoms with E-state index in [9.17, 15) is 0 Å². The average molecular weight is 888 g/mol. The quantitative estimate of drug-likeness (QED) is 0.147. The minimum atomic E-state index is 1.10. The zero-order valence-electron chi connectivity index (χ0n) is 36.4. The number of rotatable bonds is 8. The van der Waals surface area contributed by atoms with E-state index in [1.165, 1.54) is 107 Å². The van der Waals surface area contributed by atoms with Crippen molar-refractivity contribution in [2.45, 2.75) is 0 Å². The largest absolute Gasteiger partial charge is 0.310 e. The molecule has 0 atom stereocenters. The maximum atomic E-state index is 2.50. The fraction of sp³-hybridized carbons (Fsp3) is 0. The summed E-state index contributed by atoms with van der Waals surface area (Å²) in [6, 6.07) is 91.4. The summed E-state index contributed by atoms with van der Waals surface area (Å²) in [7, 11) is 0. The summed E-state index contributed by atoms with van der Waals surface area (Å²) in [6.45, 7) is 0. The highest BCUT2D eigenvalue weighted by atomic mass is 32.1. The molecule has 314 valence electrons. The van der Waals surface area contributed by atoms with Gasteiger partial charge in [0.05, 0.1) is 5.69 Å². The van der Waals surface area contributed by atoms with Crippen LogP contribution in [0.3, 0.4) is 0 Å². The number of hydrogen-bond acceptors (Lipinski definition) is 3. The van der Waals surface area contributed by atoms with Gasteiger partial charge in [-0.1, -0.05) is 206 Å².